The molecule has 1 aliphatic carbocycles. The third-order valence-corrected chi connectivity index (χ3v) is 3.61. The molecule has 2 rings (SSSR count). The maximum atomic E-state index is 12.1. The van der Waals surface area contributed by atoms with Gasteiger partial charge in [-0.1, -0.05) is 6.42 Å². The summed E-state index contributed by atoms with van der Waals surface area (Å²) in [5.74, 6) is -3.33. The lowest BCUT2D eigenvalue weighted by atomic mass is 9.95. The Kier molecular flexibility index (Phi) is 4.06. The Morgan fingerprint density at radius 1 is 1.29 bits per heavy atom. The number of phenolic OH excluding ortho intramolecular Hbond substituents is 1. The molecule has 1 aromatic rings. The van der Waals surface area contributed by atoms with Crippen LogP contribution in [0.3, 0.4) is 0 Å². The lowest BCUT2D eigenvalue weighted by Crippen LogP contribution is -2.30. The molecule has 3 N–H and O–H groups in total. The highest BCUT2D eigenvalue weighted by molar-refractivity contribution is 5.97. The molecular weight excluding hydrogens is 280 g/mol. The molecule has 0 heterocycles. The fourth-order valence-electron chi connectivity index (χ4n) is 2.57. The summed E-state index contributed by atoms with van der Waals surface area (Å²) in [7, 11) is 0. The fourth-order valence-corrected chi connectivity index (χ4v) is 2.57. The number of nitrogens with one attached hydrogen (secondary N) is 1. The number of aliphatic carboxylic acids is 1. The maximum Gasteiger partial charge on any atom is 0.307 e. The number of nitro groups is 1. The summed E-state index contributed by atoms with van der Waals surface area (Å²) in [6.45, 7) is 0. The van der Waals surface area contributed by atoms with Gasteiger partial charge in [0.15, 0.2) is 0 Å². The number of carboxylic acids is 1. The third-order valence-electron chi connectivity index (χ3n) is 3.61. The Morgan fingerprint density at radius 2 is 1.95 bits per heavy atom. The topological polar surface area (TPSA) is 130 Å². The van der Waals surface area contributed by atoms with Gasteiger partial charge in [-0.15, -0.1) is 0 Å². The SMILES string of the molecule is O=C(O)C1CCCC1C(=O)Nc1ccc(O)cc1[N+](=O)[O-]. The summed E-state index contributed by atoms with van der Waals surface area (Å²) < 4.78 is 0. The summed E-state index contributed by atoms with van der Waals surface area (Å²) in [5, 5.41) is 31.6. The minimum atomic E-state index is -1.03. The molecule has 0 aromatic heterocycles. The Labute approximate surface area is 119 Å². The van der Waals surface area contributed by atoms with Crippen LogP contribution >= 0.6 is 0 Å². The summed E-state index contributed by atoms with van der Waals surface area (Å²) in [6.07, 6.45) is 1.49. The van der Waals surface area contributed by atoms with Crippen molar-refractivity contribution in [2.45, 2.75) is 19.3 Å². The van der Waals surface area contributed by atoms with Crippen LogP contribution in [0.2, 0.25) is 0 Å². The second-order valence-corrected chi connectivity index (χ2v) is 4.93. The van der Waals surface area contributed by atoms with Crippen LogP contribution in [-0.2, 0) is 9.59 Å². The van der Waals surface area contributed by atoms with Gasteiger partial charge in [-0.2, -0.15) is 0 Å². The minimum Gasteiger partial charge on any atom is -0.508 e. The number of amides is 1. The average molecular weight is 294 g/mol. The lowest BCUT2D eigenvalue weighted by molar-refractivity contribution is -0.384. The smallest absolute Gasteiger partial charge is 0.307 e. The van der Waals surface area contributed by atoms with E-state index in [2.05, 4.69) is 5.32 Å². The van der Waals surface area contributed by atoms with E-state index in [1.807, 2.05) is 0 Å². The highest BCUT2D eigenvalue weighted by Crippen LogP contribution is 2.34. The van der Waals surface area contributed by atoms with Crippen LogP contribution in [0, 0.1) is 22.0 Å². The Balaban J connectivity index is 2.20. The lowest BCUT2D eigenvalue weighted by Gasteiger charge is -2.15. The van der Waals surface area contributed by atoms with Crippen LogP contribution in [-0.4, -0.2) is 27.0 Å². The quantitative estimate of drug-likeness (QED) is 0.440. The molecule has 2 unspecified atom stereocenters. The van der Waals surface area contributed by atoms with Crippen LogP contribution < -0.4 is 5.32 Å². The third kappa shape index (κ3) is 3.10. The molecule has 1 saturated carbocycles. The number of rotatable bonds is 4. The van der Waals surface area contributed by atoms with Crippen molar-refractivity contribution < 1.29 is 24.7 Å². The largest absolute Gasteiger partial charge is 0.508 e. The second-order valence-electron chi connectivity index (χ2n) is 4.93. The van der Waals surface area contributed by atoms with Gasteiger partial charge in [-0.05, 0) is 25.0 Å². The number of aromatic hydroxyl groups is 1. The number of nitro benzene ring substituents is 1. The minimum absolute atomic E-state index is 0.0566. The number of hydrogen-bond donors (Lipinski definition) is 3. The molecule has 2 atom stereocenters. The van der Waals surface area contributed by atoms with E-state index in [1.54, 1.807) is 0 Å². The van der Waals surface area contributed by atoms with Gasteiger partial charge in [-0.3, -0.25) is 19.7 Å². The van der Waals surface area contributed by atoms with E-state index in [1.165, 1.54) is 12.1 Å². The molecule has 1 fully saturated rings. The predicted molar refractivity (Wildman–Crippen MR) is 71.9 cm³/mol. The average Bonchev–Trinajstić information content (AvgIpc) is 2.90. The molecule has 1 aliphatic rings. The first kappa shape index (κ1) is 14.8. The molecule has 8 nitrogen and oxygen atoms in total. The van der Waals surface area contributed by atoms with Gasteiger partial charge >= 0.3 is 5.97 Å². The van der Waals surface area contributed by atoms with E-state index < -0.39 is 34.3 Å². The first-order chi connectivity index (χ1) is 9.90. The Bertz CT molecular complexity index is 600. The summed E-state index contributed by atoms with van der Waals surface area (Å²) in [6, 6.07) is 3.36. The second kappa shape index (κ2) is 5.78. The predicted octanol–water partition coefficient (Wildman–Crippen LogP) is 1.74. The Morgan fingerprint density at radius 3 is 2.57 bits per heavy atom. The molecule has 0 bridgehead atoms. The van der Waals surface area contributed by atoms with E-state index in [9.17, 15) is 24.8 Å². The standard InChI is InChI=1S/C13H14N2O6/c16-7-4-5-10(11(6-7)15(20)21)14-12(17)8-2-1-3-9(8)13(18)19/h4-6,8-9,16H,1-3H2,(H,14,17)(H,18,19). The van der Waals surface area contributed by atoms with Crippen molar-refractivity contribution in [1.82, 2.24) is 0 Å². The van der Waals surface area contributed by atoms with Crippen molar-refractivity contribution in [3.05, 3.63) is 28.3 Å². The first-order valence-corrected chi connectivity index (χ1v) is 6.41. The first-order valence-electron chi connectivity index (χ1n) is 6.41. The number of hydrogen-bond acceptors (Lipinski definition) is 5. The van der Waals surface area contributed by atoms with Crippen molar-refractivity contribution in [3.8, 4) is 5.75 Å². The molecule has 0 spiro atoms. The van der Waals surface area contributed by atoms with Crippen LogP contribution in [0.25, 0.3) is 0 Å². The molecule has 0 saturated heterocycles. The van der Waals surface area contributed by atoms with Crippen molar-refractivity contribution in [2.24, 2.45) is 11.8 Å². The van der Waals surface area contributed by atoms with Crippen LogP contribution in [0.5, 0.6) is 5.75 Å². The van der Waals surface area contributed by atoms with Crippen LogP contribution in [0.1, 0.15) is 19.3 Å². The van der Waals surface area contributed by atoms with Crippen molar-refractivity contribution in [2.75, 3.05) is 5.32 Å². The summed E-state index contributed by atoms with van der Waals surface area (Å²) in [4.78, 5) is 33.4. The van der Waals surface area contributed by atoms with E-state index in [-0.39, 0.29) is 11.4 Å². The number of benzene rings is 1. The number of nitrogens with zero attached hydrogens (tertiary/aromatic N) is 1. The van der Waals surface area contributed by atoms with Gasteiger partial charge in [0, 0.05) is 0 Å². The van der Waals surface area contributed by atoms with E-state index >= 15 is 0 Å². The molecule has 8 heteroatoms. The zero-order valence-electron chi connectivity index (χ0n) is 11.0. The van der Waals surface area contributed by atoms with E-state index in [0.717, 1.165) is 6.07 Å². The molecule has 112 valence electrons. The van der Waals surface area contributed by atoms with Crippen LogP contribution in [0.15, 0.2) is 18.2 Å². The van der Waals surface area contributed by atoms with E-state index in [0.29, 0.717) is 19.3 Å². The summed E-state index contributed by atoms with van der Waals surface area (Å²) >= 11 is 0. The van der Waals surface area contributed by atoms with Gasteiger partial charge in [0.1, 0.15) is 11.4 Å². The molecule has 1 amide bonds. The maximum absolute atomic E-state index is 12.1. The van der Waals surface area contributed by atoms with Crippen molar-refractivity contribution in [1.29, 1.82) is 0 Å². The summed E-state index contributed by atoms with van der Waals surface area (Å²) in [5.41, 5.74) is -0.493. The normalized spacial score (nSPS) is 21.0. The monoisotopic (exact) mass is 294 g/mol. The number of carbonyl (C=O) groups is 2. The molecule has 0 aliphatic heterocycles. The van der Waals surface area contributed by atoms with E-state index in [4.69, 9.17) is 5.11 Å². The zero-order valence-corrected chi connectivity index (χ0v) is 11.0. The molecule has 0 radical (unpaired) electrons. The molecule has 1 aromatic carbocycles. The number of carbonyl (C=O) groups excluding carboxylic acids is 1. The number of anilines is 1. The Hall–Kier alpha value is -2.64. The zero-order chi connectivity index (χ0) is 15.6. The van der Waals surface area contributed by atoms with Gasteiger partial charge in [0.2, 0.25) is 5.91 Å². The highest BCUT2D eigenvalue weighted by atomic mass is 16.6. The highest BCUT2D eigenvalue weighted by Gasteiger charge is 2.38. The van der Waals surface area contributed by atoms with Crippen molar-refractivity contribution in [3.63, 3.8) is 0 Å². The number of carboxylic acid groups (broad SMARTS) is 1. The van der Waals surface area contributed by atoms with Gasteiger partial charge in [-0.25, -0.2) is 0 Å². The van der Waals surface area contributed by atoms with Gasteiger partial charge < -0.3 is 15.5 Å². The fraction of sp³-hybridized carbons (Fsp3) is 0.385. The van der Waals surface area contributed by atoms with Crippen LogP contribution in [0.4, 0.5) is 11.4 Å². The molecule has 21 heavy (non-hydrogen) atoms. The van der Waals surface area contributed by atoms with Gasteiger partial charge in [0.05, 0.1) is 22.8 Å². The van der Waals surface area contributed by atoms with Gasteiger partial charge in [0.25, 0.3) is 5.69 Å². The van der Waals surface area contributed by atoms with Crippen molar-refractivity contribution >= 4 is 23.3 Å². The molecular formula is C13H14N2O6. The number of phenols is 1.